The molecular formula is C29H40N2OS. The number of hydrogen-bond acceptors (Lipinski definition) is 4. The topological polar surface area (TPSA) is 35.0 Å². The fourth-order valence-electron chi connectivity index (χ4n) is 3.97. The zero-order chi connectivity index (χ0) is 23.1. The molecule has 0 N–H and O–H groups in total. The van der Waals surface area contributed by atoms with Gasteiger partial charge >= 0.3 is 0 Å². The van der Waals surface area contributed by atoms with Crippen molar-refractivity contribution in [3.8, 4) is 26.9 Å². The molecule has 1 heterocycles. The lowest BCUT2D eigenvalue weighted by atomic mass is 10.0. The van der Waals surface area contributed by atoms with Crippen LogP contribution in [0.2, 0.25) is 0 Å². The van der Waals surface area contributed by atoms with Crippen LogP contribution < -0.4 is 4.74 Å². The average Bonchev–Trinajstić information content (AvgIpc) is 3.34. The number of aryl methyl sites for hydroxylation is 1. The van der Waals surface area contributed by atoms with Crippen molar-refractivity contribution in [3.05, 3.63) is 54.1 Å². The zero-order valence-electron chi connectivity index (χ0n) is 20.5. The van der Waals surface area contributed by atoms with Crippen LogP contribution in [0.1, 0.15) is 90.0 Å². The Morgan fingerprint density at radius 2 is 1.12 bits per heavy atom. The first-order valence-corrected chi connectivity index (χ1v) is 13.8. The molecule has 0 saturated carbocycles. The van der Waals surface area contributed by atoms with Crippen LogP contribution in [0.5, 0.6) is 5.75 Å². The van der Waals surface area contributed by atoms with E-state index in [4.69, 9.17) is 4.74 Å². The maximum absolute atomic E-state index is 5.90. The van der Waals surface area contributed by atoms with E-state index in [1.807, 2.05) is 12.1 Å². The highest BCUT2D eigenvalue weighted by atomic mass is 32.1. The van der Waals surface area contributed by atoms with Crippen LogP contribution in [0, 0.1) is 0 Å². The second-order valence-corrected chi connectivity index (χ2v) is 9.89. The van der Waals surface area contributed by atoms with Crippen LogP contribution >= 0.6 is 11.3 Å². The molecule has 178 valence electrons. The molecular weight excluding hydrogens is 424 g/mol. The summed E-state index contributed by atoms with van der Waals surface area (Å²) in [5, 5.41) is 10.8. The predicted molar refractivity (Wildman–Crippen MR) is 142 cm³/mol. The summed E-state index contributed by atoms with van der Waals surface area (Å²) in [6.07, 6.45) is 15.5. The third-order valence-corrected chi connectivity index (χ3v) is 7.08. The molecule has 0 radical (unpaired) electrons. The van der Waals surface area contributed by atoms with Gasteiger partial charge in [0.1, 0.15) is 15.8 Å². The summed E-state index contributed by atoms with van der Waals surface area (Å²) in [7, 11) is 0. The van der Waals surface area contributed by atoms with E-state index in [-0.39, 0.29) is 0 Å². The smallest absolute Gasteiger partial charge is 0.148 e. The summed E-state index contributed by atoms with van der Waals surface area (Å²) >= 11 is 1.65. The molecule has 3 nitrogen and oxygen atoms in total. The van der Waals surface area contributed by atoms with Gasteiger partial charge in [-0.1, -0.05) is 107 Å². The molecule has 0 saturated heterocycles. The fraction of sp³-hybridized carbons (Fsp3) is 0.517. The summed E-state index contributed by atoms with van der Waals surface area (Å²) in [6.45, 7) is 5.31. The second-order valence-electron chi connectivity index (χ2n) is 8.91. The van der Waals surface area contributed by atoms with Crippen molar-refractivity contribution in [1.82, 2.24) is 10.2 Å². The van der Waals surface area contributed by atoms with E-state index in [0.717, 1.165) is 39.9 Å². The van der Waals surface area contributed by atoms with Gasteiger partial charge in [-0.3, -0.25) is 0 Å². The third-order valence-electron chi connectivity index (χ3n) is 6.06. The zero-order valence-corrected chi connectivity index (χ0v) is 21.3. The first-order chi connectivity index (χ1) is 16.3. The van der Waals surface area contributed by atoms with Crippen molar-refractivity contribution in [2.24, 2.45) is 0 Å². The van der Waals surface area contributed by atoms with Crippen molar-refractivity contribution < 1.29 is 4.74 Å². The van der Waals surface area contributed by atoms with E-state index in [0.29, 0.717) is 0 Å². The van der Waals surface area contributed by atoms with Gasteiger partial charge in [0.25, 0.3) is 0 Å². The van der Waals surface area contributed by atoms with Gasteiger partial charge in [0.2, 0.25) is 0 Å². The minimum Gasteiger partial charge on any atom is -0.494 e. The molecule has 0 aliphatic heterocycles. The van der Waals surface area contributed by atoms with Gasteiger partial charge in [-0.2, -0.15) is 0 Å². The molecule has 1 aromatic heterocycles. The standard InChI is InChI=1S/C29H40N2OS/c1-3-5-7-9-11-13-23-32-27-21-19-26(20-22-27)29-31-30-28(33-29)25-17-15-24(16-18-25)14-12-10-8-6-4-2/h15-22H,3-14,23H2,1-2H3. The van der Waals surface area contributed by atoms with Crippen LogP contribution in [0.15, 0.2) is 48.5 Å². The first kappa shape index (κ1) is 25.4. The first-order valence-electron chi connectivity index (χ1n) is 13.0. The van der Waals surface area contributed by atoms with Gasteiger partial charge in [-0.05, 0) is 49.1 Å². The van der Waals surface area contributed by atoms with E-state index in [9.17, 15) is 0 Å². The maximum Gasteiger partial charge on any atom is 0.148 e. The molecule has 0 amide bonds. The molecule has 0 aliphatic rings. The lowest BCUT2D eigenvalue weighted by Gasteiger charge is -2.06. The number of nitrogens with zero attached hydrogens (tertiary/aromatic N) is 2. The van der Waals surface area contributed by atoms with E-state index in [1.165, 1.54) is 76.2 Å². The Balaban J connectivity index is 1.45. The SMILES string of the molecule is CCCCCCCCOc1ccc(-c2nnc(-c3ccc(CCCCCCC)cc3)s2)cc1. The largest absolute Gasteiger partial charge is 0.494 e. The van der Waals surface area contributed by atoms with Crippen molar-refractivity contribution in [2.75, 3.05) is 6.61 Å². The Labute approximate surface area is 204 Å². The predicted octanol–water partition coefficient (Wildman–Crippen LogP) is 9.12. The fourth-order valence-corrected chi connectivity index (χ4v) is 4.82. The minimum absolute atomic E-state index is 0.795. The van der Waals surface area contributed by atoms with Gasteiger partial charge < -0.3 is 4.74 Å². The molecule has 0 aliphatic carbocycles. The van der Waals surface area contributed by atoms with Crippen molar-refractivity contribution in [1.29, 1.82) is 0 Å². The number of aromatic nitrogens is 2. The van der Waals surface area contributed by atoms with E-state index in [2.05, 4.69) is 60.4 Å². The Bertz CT molecular complexity index is 902. The summed E-state index contributed by atoms with van der Waals surface area (Å²) < 4.78 is 5.90. The minimum atomic E-state index is 0.795. The van der Waals surface area contributed by atoms with E-state index in [1.54, 1.807) is 11.3 Å². The highest BCUT2D eigenvalue weighted by Gasteiger charge is 2.09. The molecule has 4 heteroatoms. The Morgan fingerprint density at radius 3 is 1.73 bits per heavy atom. The van der Waals surface area contributed by atoms with Crippen LogP contribution in [-0.2, 0) is 6.42 Å². The van der Waals surface area contributed by atoms with Crippen molar-refractivity contribution in [2.45, 2.75) is 90.9 Å². The molecule has 3 rings (SSSR count). The summed E-state index contributed by atoms with van der Waals surface area (Å²) in [5.74, 6) is 0.933. The van der Waals surface area contributed by atoms with Crippen LogP contribution in [0.4, 0.5) is 0 Å². The second kappa shape index (κ2) is 14.8. The Hall–Kier alpha value is -2.20. The Morgan fingerprint density at radius 1 is 0.606 bits per heavy atom. The highest BCUT2D eigenvalue weighted by molar-refractivity contribution is 7.17. The molecule has 3 aromatic rings. The molecule has 0 fully saturated rings. The third kappa shape index (κ3) is 8.92. The maximum atomic E-state index is 5.90. The molecule has 0 bridgehead atoms. The number of rotatable bonds is 16. The van der Waals surface area contributed by atoms with Gasteiger partial charge in [0, 0.05) is 11.1 Å². The molecule has 0 atom stereocenters. The summed E-state index contributed by atoms with van der Waals surface area (Å²) in [4.78, 5) is 0. The summed E-state index contributed by atoms with van der Waals surface area (Å²) in [6, 6.07) is 17.1. The van der Waals surface area contributed by atoms with E-state index >= 15 is 0 Å². The van der Waals surface area contributed by atoms with Crippen LogP contribution in [-0.4, -0.2) is 16.8 Å². The number of ether oxygens (including phenoxy) is 1. The summed E-state index contributed by atoms with van der Waals surface area (Å²) in [5.41, 5.74) is 3.65. The van der Waals surface area contributed by atoms with Gasteiger partial charge in [-0.15, -0.1) is 10.2 Å². The van der Waals surface area contributed by atoms with Gasteiger partial charge in [-0.25, -0.2) is 0 Å². The van der Waals surface area contributed by atoms with E-state index < -0.39 is 0 Å². The molecule has 0 spiro atoms. The number of hydrogen-bond donors (Lipinski definition) is 0. The number of benzene rings is 2. The van der Waals surface area contributed by atoms with Crippen LogP contribution in [0.25, 0.3) is 21.1 Å². The van der Waals surface area contributed by atoms with Gasteiger partial charge in [0.15, 0.2) is 0 Å². The highest BCUT2D eigenvalue weighted by Crippen LogP contribution is 2.31. The lowest BCUT2D eigenvalue weighted by molar-refractivity contribution is 0.304. The van der Waals surface area contributed by atoms with Gasteiger partial charge in [0.05, 0.1) is 6.61 Å². The van der Waals surface area contributed by atoms with Crippen molar-refractivity contribution >= 4 is 11.3 Å². The van der Waals surface area contributed by atoms with Crippen molar-refractivity contribution in [3.63, 3.8) is 0 Å². The van der Waals surface area contributed by atoms with Crippen LogP contribution in [0.3, 0.4) is 0 Å². The lowest BCUT2D eigenvalue weighted by Crippen LogP contribution is -1.97. The molecule has 0 unspecified atom stereocenters. The molecule has 33 heavy (non-hydrogen) atoms. The Kier molecular flexibility index (Phi) is 11.4. The molecule has 2 aromatic carbocycles. The average molecular weight is 465 g/mol. The normalized spacial score (nSPS) is 11.1. The monoisotopic (exact) mass is 464 g/mol. The number of unbranched alkanes of at least 4 members (excludes halogenated alkanes) is 9. The quantitative estimate of drug-likeness (QED) is 0.198.